The Hall–Kier alpha value is -1.59. The van der Waals surface area contributed by atoms with Crippen LogP contribution in [0, 0.1) is 0 Å². The van der Waals surface area contributed by atoms with Gasteiger partial charge in [-0.15, -0.1) is 0 Å². The summed E-state index contributed by atoms with van der Waals surface area (Å²) in [7, 11) is 0. The van der Waals surface area contributed by atoms with Crippen LogP contribution >= 0.6 is 0 Å². The van der Waals surface area contributed by atoms with Gasteiger partial charge in [-0.1, -0.05) is 0 Å². The summed E-state index contributed by atoms with van der Waals surface area (Å²) >= 11 is 0. The molecule has 6 heteroatoms. The van der Waals surface area contributed by atoms with Gasteiger partial charge in [0.05, 0.1) is 13.1 Å². The van der Waals surface area contributed by atoms with Crippen LogP contribution in [0.15, 0.2) is 0 Å². The monoisotopic (exact) mass is 199 g/mol. The Bertz CT molecular complexity index is 265. The van der Waals surface area contributed by atoms with Crippen LogP contribution in [0.5, 0.6) is 0 Å². The Morgan fingerprint density at radius 2 is 2.21 bits per heavy atom. The van der Waals surface area contributed by atoms with Crippen LogP contribution in [0.4, 0.5) is 0 Å². The fraction of sp³-hybridized carbons (Fsp3) is 0.625. The van der Waals surface area contributed by atoms with Crippen LogP contribution in [0.3, 0.4) is 0 Å². The van der Waals surface area contributed by atoms with Gasteiger partial charge in [-0.25, -0.2) is 0 Å². The minimum absolute atomic E-state index is 0.0146. The first-order valence-corrected chi connectivity index (χ1v) is 4.42. The minimum Gasteiger partial charge on any atom is -0.368 e. The second-order valence-electron chi connectivity index (χ2n) is 3.16. The fourth-order valence-corrected chi connectivity index (χ4v) is 1.29. The first kappa shape index (κ1) is 10.5. The van der Waals surface area contributed by atoms with E-state index in [2.05, 4.69) is 5.32 Å². The number of primary amides is 1. The minimum atomic E-state index is -0.592. The van der Waals surface area contributed by atoms with Gasteiger partial charge in [0.2, 0.25) is 17.7 Å². The van der Waals surface area contributed by atoms with Gasteiger partial charge < -0.3 is 16.0 Å². The maximum atomic E-state index is 11.1. The molecule has 0 bridgehead atoms. The van der Waals surface area contributed by atoms with Crippen molar-refractivity contribution >= 4 is 17.7 Å². The molecule has 78 valence electrons. The summed E-state index contributed by atoms with van der Waals surface area (Å²) in [6.07, 6.45) is 1.30. The van der Waals surface area contributed by atoms with Gasteiger partial charge in [-0.2, -0.15) is 0 Å². The molecule has 3 amide bonds. The van der Waals surface area contributed by atoms with Crippen LogP contribution in [0.2, 0.25) is 0 Å². The van der Waals surface area contributed by atoms with Crippen molar-refractivity contribution in [3.63, 3.8) is 0 Å². The Morgan fingerprint density at radius 3 is 2.71 bits per heavy atom. The predicted molar refractivity (Wildman–Crippen MR) is 48.0 cm³/mol. The molecular weight excluding hydrogens is 186 g/mol. The normalized spacial score (nSPS) is 15.7. The molecule has 1 heterocycles. The number of likely N-dealkylation sites (tertiary alicyclic amines) is 1. The van der Waals surface area contributed by atoms with E-state index in [1.54, 1.807) is 0 Å². The lowest BCUT2D eigenvalue weighted by molar-refractivity contribution is -0.133. The molecule has 0 aromatic carbocycles. The van der Waals surface area contributed by atoms with Crippen LogP contribution in [-0.2, 0) is 14.4 Å². The summed E-state index contributed by atoms with van der Waals surface area (Å²) in [5.41, 5.74) is 4.84. The standard InChI is InChI=1S/C8H13N3O3/c9-6(12)4-10-7(13)5-11-3-1-2-8(11)14/h1-5H2,(H2,9,12)(H,10,13). The van der Waals surface area contributed by atoms with Gasteiger partial charge in [-0.3, -0.25) is 14.4 Å². The average Bonchev–Trinajstić information content (AvgIpc) is 2.49. The average molecular weight is 199 g/mol. The van der Waals surface area contributed by atoms with Crippen molar-refractivity contribution in [2.45, 2.75) is 12.8 Å². The maximum absolute atomic E-state index is 11.1. The molecule has 0 radical (unpaired) electrons. The maximum Gasteiger partial charge on any atom is 0.240 e. The lowest BCUT2D eigenvalue weighted by Gasteiger charge is -2.14. The third-order valence-corrected chi connectivity index (χ3v) is 1.97. The molecule has 0 aliphatic carbocycles. The van der Waals surface area contributed by atoms with Crippen LogP contribution in [0.25, 0.3) is 0 Å². The number of nitrogens with one attached hydrogen (secondary N) is 1. The smallest absolute Gasteiger partial charge is 0.240 e. The highest BCUT2D eigenvalue weighted by atomic mass is 16.2. The molecule has 0 unspecified atom stereocenters. The molecule has 0 aromatic rings. The molecule has 6 nitrogen and oxygen atoms in total. The van der Waals surface area contributed by atoms with Gasteiger partial charge in [0, 0.05) is 13.0 Å². The van der Waals surface area contributed by atoms with Crippen LogP contribution < -0.4 is 11.1 Å². The van der Waals surface area contributed by atoms with E-state index >= 15 is 0 Å². The summed E-state index contributed by atoms with van der Waals surface area (Å²) in [6.45, 7) is 0.454. The van der Waals surface area contributed by atoms with E-state index in [1.807, 2.05) is 0 Å². The third kappa shape index (κ3) is 3.04. The summed E-state index contributed by atoms with van der Waals surface area (Å²) in [6, 6.07) is 0. The van der Waals surface area contributed by atoms with Crippen molar-refractivity contribution in [2.75, 3.05) is 19.6 Å². The number of hydrogen-bond donors (Lipinski definition) is 2. The molecule has 0 saturated carbocycles. The third-order valence-electron chi connectivity index (χ3n) is 1.97. The molecule has 1 aliphatic heterocycles. The zero-order valence-electron chi connectivity index (χ0n) is 7.78. The molecule has 1 fully saturated rings. The highest BCUT2D eigenvalue weighted by molar-refractivity contribution is 5.88. The molecule has 0 atom stereocenters. The highest BCUT2D eigenvalue weighted by Gasteiger charge is 2.22. The van der Waals surface area contributed by atoms with Gasteiger partial charge in [0.25, 0.3) is 0 Å². The van der Waals surface area contributed by atoms with Crippen molar-refractivity contribution in [1.82, 2.24) is 10.2 Å². The number of rotatable bonds is 4. The van der Waals surface area contributed by atoms with E-state index in [-0.39, 0.29) is 24.9 Å². The van der Waals surface area contributed by atoms with Gasteiger partial charge in [-0.05, 0) is 6.42 Å². The number of carbonyl (C=O) groups is 3. The summed E-state index contributed by atoms with van der Waals surface area (Å²) in [5.74, 6) is -0.954. The predicted octanol–water partition coefficient (Wildman–Crippen LogP) is -1.79. The van der Waals surface area contributed by atoms with Crippen LogP contribution in [0.1, 0.15) is 12.8 Å². The van der Waals surface area contributed by atoms with Crippen molar-refractivity contribution in [1.29, 1.82) is 0 Å². The SMILES string of the molecule is NC(=O)CNC(=O)CN1CCCC1=O. The zero-order valence-corrected chi connectivity index (χ0v) is 7.78. The fourth-order valence-electron chi connectivity index (χ4n) is 1.29. The number of carbonyl (C=O) groups excluding carboxylic acids is 3. The highest BCUT2D eigenvalue weighted by Crippen LogP contribution is 2.08. The lowest BCUT2D eigenvalue weighted by Crippen LogP contribution is -2.41. The Kier molecular flexibility index (Phi) is 3.44. The van der Waals surface area contributed by atoms with E-state index in [9.17, 15) is 14.4 Å². The van der Waals surface area contributed by atoms with E-state index in [1.165, 1.54) is 4.90 Å². The number of nitrogens with two attached hydrogens (primary N) is 1. The second kappa shape index (κ2) is 4.59. The van der Waals surface area contributed by atoms with Crippen molar-refractivity contribution < 1.29 is 14.4 Å². The Balaban J connectivity index is 2.26. The summed E-state index contributed by atoms with van der Waals surface area (Å²) in [4.78, 5) is 34.0. The van der Waals surface area contributed by atoms with Crippen LogP contribution in [-0.4, -0.2) is 42.3 Å². The van der Waals surface area contributed by atoms with Gasteiger partial charge in [0.15, 0.2) is 0 Å². The van der Waals surface area contributed by atoms with E-state index in [0.29, 0.717) is 13.0 Å². The molecule has 1 rings (SSSR count). The van der Waals surface area contributed by atoms with Crippen molar-refractivity contribution in [3.8, 4) is 0 Å². The van der Waals surface area contributed by atoms with E-state index < -0.39 is 5.91 Å². The van der Waals surface area contributed by atoms with Crippen molar-refractivity contribution in [3.05, 3.63) is 0 Å². The van der Waals surface area contributed by atoms with Crippen molar-refractivity contribution in [2.24, 2.45) is 5.73 Å². The quantitative estimate of drug-likeness (QED) is 0.560. The zero-order chi connectivity index (χ0) is 10.6. The molecule has 14 heavy (non-hydrogen) atoms. The molecular formula is C8H13N3O3. The second-order valence-corrected chi connectivity index (χ2v) is 3.16. The Labute approximate surface area is 81.4 Å². The molecule has 1 aliphatic rings. The number of amides is 3. The topological polar surface area (TPSA) is 92.5 Å². The largest absolute Gasteiger partial charge is 0.368 e. The molecule has 0 spiro atoms. The first-order chi connectivity index (χ1) is 6.59. The Morgan fingerprint density at radius 1 is 1.50 bits per heavy atom. The molecule has 0 aromatic heterocycles. The number of nitrogens with zero attached hydrogens (tertiary/aromatic N) is 1. The van der Waals surface area contributed by atoms with E-state index in [0.717, 1.165) is 6.42 Å². The van der Waals surface area contributed by atoms with Gasteiger partial charge >= 0.3 is 0 Å². The van der Waals surface area contributed by atoms with Gasteiger partial charge in [0.1, 0.15) is 0 Å². The molecule has 3 N–H and O–H groups in total. The summed E-state index contributed by atoms with van der Waals surface area (Å²) < 4.78 is 0. The van der Waals surface area contributed by atoms with E-state index in [4.69, 9.17) is 5.73 Å². The molecule has 1 saturated heterocycles. The summed E-state index contributed by atoms with van der Waals surface area (Å²) in [5, 5.41) is 2.32. The first-order valence-electron chi connectivity index (χ1n) is 4.42. The number of hydrogen-bond acceptors (Lipinski definition) is 3. The lowest BCUT2D eigenvalue weighted by atomic mass is 10.4.